The van der Waals surface area contributed by atoms with Crippen LogP contribution in [0.5, 0.6) is 5.75 Å². The maximum atomic E-state index is 12.4. The number of nitrogens with zero attached hydrogens (tertiary/aromatic N) is 1. The van der Waals surface area contributed by atoms with Crippen LogP contribution in [0.2, 0.25) is 0 Å². The van der Waals surface area contributed by atoms with Crippen molar-refractivity contribution in [3.63, 3.8) is 0 Å². The van der Waals surface area contributed by atoms with E-state index in [-0.39, 0.29) is 5.91 Å². The lowest BCUT2D eigenvalue weighted by molar-refractivity contribution is 0.0950. The van der Waals surface area contributed by atoms with Gasteiger partial charge in [-0.1, -0.05) is 72.8 Å². The van der Waals surface area contributed by atoms with Crippen LogP contribution in [-0.2, 0) is 13.0 Å². The zero-order valence-electron chi connectivity index (χ0n) is 14.3. The average Bonchev–Trinajstić information content (AvgIpc) is 2.71. The van der Waals surface area contributed by atoms with Gasteiger partial charge in [-0.2, -0.15) is 5.10 Å². The van der Waals surface area contributed by atoms with Gasteiger partial charge in [-0.3, -0.25) is 4.79 Å². The molecule has 26 heavy (non-hydrogen) atoms. The van der Waals surface area contributed by atoms with Crippen LogP contribution in [-0.4, -0.2) is 12.1 Å². The van der Waals surface area contributed by atoms with Gasteiger partial charge in [0, 0.05) is 12.6 Å². The van der Waals surface area contributed by atoms with Crippen molar-refractivity contribution in [2.75, 3.05) is 0 Å². The molecule has 0 saturated heterocycles. The lowest BCUT2D eigenvalue weighted by atomic mass is 10.2. The van der Waals surface area contributed by atoms with Crippen LogP contribution in [0.15, 0.2) is 90.0 Å². The van der Waals surface area contributed by atoms with Crippen molar-refractivity contribution < 1.29 is 9.53 Å². The summed E-state index contributed by atoms with van der Waals surface area (Å²) >= 11 is 0. The molecule has 0 unspecified atom stereocenters. The Kier molecular flexibility index (Phi) is 6.15. The Morgan fingerprint density at radius 3 is 2.19 bits per heavy atom. The fraction of sp³-hybridized carbons (Fsp3) is 0.0909. The topological polar surface area (TPSA) is 50.7 Å². The highest BCUT2D eigenvalue weighted by Gasteiger charge is 2.11. The van der Waals surface area contributed by atoms with E-state index in [1.54, 1.807) is 24.4 Å². The fourth-order valence-electron chi connectivity index (χ4n) is 2.45. The summed E-state index contributed by atoms with van der Waals surface area (Å²) in [4.78, 5) is 12.4. The maximum absolute atomic E-state index is 12.4. The highest BCUT2D eigenvalue weighted by molar-refractivity contribution is 5.97. The van der Waals surface area contributed by atoms with Gasteiger partial charge in [-0.05, 0) is 23.3 Å². The lowest BCUT2D eigenvalue weighted by Gasteiger charge is -2.10. The number of benzene rings is 3. The molecule has 0 radical (unpaired) electrons. The summed E-state index contributed by atoms with van der Waals surface area (Å²) in [5, 5.41) is 4.02. The van der Waals surface area contributed by atoms with Crippen molar-refractivity contribution in [3.05, 3.63) is 102 Å². The van der Waals surface area contributed by atoms with Crippen molar-refractivity contribution in [2.45, 2.75) is 13.0 Å². The molecule has 130 valence electrons. The minimum absolute atomic E-state index is 0.294. The van der Waals surface area contributed by atoms with Gasteiger partial charge in [0.2, 0.25) is 0 Å². The van der Waals surface area contributed by atoms with Crippen molar-refractivity contribution >= 4 is 12.1 Å². The first-order valence-corrected chi connectivity index (χ1v) is 8.44. The average molecular weight is 344 g/mol. The van der Waals surface area contributed by atoms with Crippen molar-refractivity contribution in [1.29, 1.82) is 0 Å². The Balaban J connectivity index is 1.58. The van der Waals surface area contributed by atoms with Gasteiger partial charge in [0.25, 0.3) is 5.91 Å². The Hall–Kier alpha value is -3.40. The number of hydrogen-bond donors (Lipinski definition) is 1. The molecular formula is C22H20N2O2. The zero-order valence-corrected chi connectivity index (χ0v) is 14.3. The van der Waals surface area contributed by atoms with Crippen LogP contribution in [0.3, 0.4) is 0 Å². The van der Waals surface area contributed by atoms with Crippen LogP contribution in [0.25, 0.3) is 0 Å². The van der Waals surface area contributed by atoms with Crippen molar-refractivity contribution in [3.8, 4) is 5.75 Å². The molecule has 1 N–H and O–H groups in total. The predicted octanol–water partition coefficient (Wildman–Crippen LogP) is 4.22. The molecule has 4 heteroatoms. The predicted molar refractivity (Wildman–Crippen MR) is 103 cm³/mol. The van der Waals surface area contributed by atoms with E-state index in [4.69, 9.17) is 4.74 Å². The second kappa shape index (κ2) is 9.18. The summed E-state index contributed by atoms with van der Waals surface area (Å²) in [6, 6.07) is 26.9. The van der Waals surface area contributed by atoms with E-state index in [0.29, 0.717) is 24.3 Å². The summed E-state index contributed by atoms with van der Waals surface area (Å²) in [7, 11) is 0. The van der Waals surface area contributed by atoms with Gasteiger partial charge in [-0.25, -0.2) is 5.43 Å². The second-order valence-corrected chi connectivity index (χ2v) is 5.71. The number of amides is 1. The van der Waals surface area contributed by atoms with Crippen LogP contribution in [0, 0.1) is 0 Å². The Bertz CT molecular complexity index is 862. The quantitative estimate of drug-likeness (QED) is 0.515. The summed E-state index contributed by atoms with van der Waals surface area (Å²) in [6.07, 6.45) is 2.34. The number of hydrazone groups is 1. The number of nitrogens with one attached hydrogen (secondary N) is 1. The van der Waals surface area contributed by atoms with E-state index >= 15 is 0 Å². The molecular weight excluding hydrogens is 324 g/mol. The standard InChI is InChI=1S/C22H20N2O2/c25-22(24-23-16-15-18-9-3-1-4-10-18)20-13-7-8-14-21(20)26-17-19-11-5-2-6-12-19/h1-14,16H,15,17H2,(H,24,25)/b23-16-. The van der Waals surface area contributed by atoms with E-state index in [9.17, 15) is 4.79 Å². The highest BCUT2D eigenvalue weighted by Crippen LogP contribution is 2.19. The zero-order chi connectivity index (χ0) is 18.0. The number of rotatable bonds is 7. The van der Waals surface area contributed by atoms with E-state index in [1.165, 1.54) is 0 Å². The smallest absolute Gasteiger partial charge is 0.275 e. The molecule has 0 aromatic heterocycles. The highest BCUT2D eigenvalue weighted by atomic mass is 16.5. The molecule has 0 fully saturated rings. The molecule has 3 rings (SSSR count). The number of hydrogen-bond acceptors (Lipinski definition) is 3. The number of carbonyl (C=O) groups excluding carboxylic acids is 1. The molecule has 4 nitrogen and oxygen atoms in total. The first kappa shape index (κ1) is 17.4. The Morgan fingerprint density at radius 2 is 1.46 bits per heavy atom. The van der Waals surface area contributed by atoms with Crippen LogP contribution in [0.1, 0.15) is 21.5 Å². The van der Waals surface area contributed by atoms with E-state index < -0.39 is 0 Å². The van der Waals surface area contributed by atoms with Crippen molar-refractivity contribution in [2.24, 2.45) is 5.10 Å². The number of carbonyl (C=O) groups is 1. The molecule has 0 bridgehead atoms. The lowest BCUT2D eigenvalue weighted by Crippen LogP contribution is -2.18. The number of ether oxygens (including phenoxy) is 1. The first-order valence-electron chi connectivity index (χ1n) is 8.44. The second-order valence-electron chi connectivity index (χ2n) is 5.71. The summed E-state index contributed by atoms with van der Waals surface area (Å²) in [5.74, 6) is 0.241. The molecule has 3 aromatic carbocycles. The van der Waals surface area contributed by atoms with Crippen LogP contribution in [0.4, 0.5) is 0 Å². The molecule has 0 aliphatic carbocycles. The molecule has 0 atom stereocenters. The largest absolute Gasteiger partial charge is 0.488 e. The number of para-hydroxylation sites is 1. The van der Waals surface area contributed by atoms with Gasteiger partial charge in [0.15, 0.2) is 0 Å². The summed E-state index contributed by atoms with van der Waals surface area (Å²) in [5.41, 5.74) is 5.20. The molecule has 0 heterocycles. The minimum atomic E-state index is -0.294. The van der Waals surface area contributed by atoms with E-state index in [2.05, 4.69) is 10.5 Å². The molecule has 1 amide bonds. The van der Waals surface area contributed by atoms with E-state index in [0.717, 1.165) is 11.1 Å². The minimum Gasteiger partial charge on any atom is -0.488 e. The third-order valence-electron chi connectivity index (χ3n) is 3.80. The third-order valence-corrected chi connectivity index (χ3v) is 3.80. The van der Waals surface area contributed by atoms with Crippen molar-refractivity contribution in [1.82, 2.24) is 5.43 Å². The molecule has 0 aliphatic heterocycles. The van der Waals surface area contributed by atoms with Gasteiger partial charge >= 0.3 is 0 Å². The Labute approximate surface area is 153 Å². The summed E-state index contributed by atoms with van der Waals surface area (Å²) in [6.45, 7) is 0.405. The third kappa shape index (κ3) is 5.05. The molecule has 0 spiro atoms. The van der Waals surface area contributed by atoms with Gasteiger partial charge in [0.1, 0.15) is 12.4 Å². The Morgan fingerprint density at radius 1 is 0.846 bits per heavy atom. The first-order chi connectivity index (χ1) is 12.8. The maximum Gasteiger partial charge on any atom is 0.275 e. The van der Waals surface area contributed by atoms with Gasteiger partial charge in [0.05, 0.1) is 5.56 Å². The summed E-state index contributed by atoms with van der Waals surface area (Å²) < 4.78 is 5.81. The van der Waals surface area contributed by atoms with Gasteiger partial charge in [-0.15, -0.1) is 0 Å². The van der Waals surface area contributed by atoms with Crippen LogP contribution < -0.4 is 10.2 Å². The normalized spacial score (nSPS) is 10.6. The molecule has 3 aromatic rings. The SMILES string of the molecule is O=C(N/N=C\Cc1ccccc1)c1ccccc1OCc1ccccc1. The molecule has 0 saturated carbocycles. The van der Waals surface area contributed by atoms with Gasteiger partial charge < -0.3 is 4.74 Å². The monoisotopic (exact) mass is 344 g/mol. The van der Waals surface area contributed by atoms with Crippen LogP contribution >= 0.6 is 0 Å². The molecule has 0 aliphatic rings. The van der Waals surface area contributed by atoms with E-state index in [1.807, 2.05) is 66.7 Å². The fourth-order valence-corrected chi connectivity index (χ4v) is 2.45.